The molecule has 0 spiro atoms. The van der Waals surface area contributed by atoms with Crippen molar-refractivity contribution in [2.45, 2.75) is 6.92 Å². The monoisotopic (exact) mass is 203 g/mol. The highest BCUT2D eigenvalue weighted by molar-refractivity contribution is 5.93. The number of nitrogens with one attached hydrogen (secondary N) is 1. The molecule has 0 fully saturated rings. The van der Waals surface area contributed by atoms with Crippen LogP contribution in [0, 0.1) is 5.82 Å². The number of hydrogen-bond acceptors (Lipinski definition) is 1. The lowest BCUT2D eigenvalue weighted by Gasteiger charge is -2.05. The van der Waals surface area contributed by atoms with Crippen molar-refractivity contribution in [3.63, 3.8) is 0 Å². The van der Waals surface area contributed by atoms with Gasteiger partial charge in [-0.25, -0.2) is 4.39 Å². The Morgan fingerprint density at radius 2 is 2.00 bits per heavy atom. The van der Waals surface area contributed by atoms with Gasteiger partial charge < -0.3 is 5.32 Å². The molecule has 0 aromatic heterocycles. The molecule has 2 aromatic rings. The van der Waals surface area contributed by atoms with Crippen molar-refractivity contribution in [3.8, 4) is 0 Å². The first-order valence-electron chi connectivity index (χ1n) is 4.63. The van der Waals surface area contributed by atoms with Crippen molar-refractivity contribution in [1.29, 1.82) is 0 Å². The highest BCUT2D eigenvalue weighted by Crippen LogP contribution is 2.22. The van der Waals surface area contributed by atoms with E-state index < -0.39 is 0 Å². The molecule has 2 rings (SSSR count). The average Bonchev–Trinajstić information content (AvgIpc) is 2.16. The van der Waals surface area contributed by atoms with E-state index in [4.69, 9.17) is 0 Å². The summed E-state index contributed by atoms with van der Waals surface area (Å²) in [4.78, 5) is 10.8. The zero-order valence-corrected chi connectivity index (χ0v) is 8.25. The lowest BCUT2D eigenvalue weighted by Crippen LogP contribution is -2.05. The number of carbonyl (C=O) groups excluding carboxylic acids is 1. The molecule has 0 aliphatic carbocycles. The molecule has 76 valence electrons. The summed E-state index contributed by atoms with van der Waals surface area (Å²) in [5.74, 6) is -0.526. The van der Waals surface area contributed by atoms with Gasteiger partial charge in [-0.05, 0) is 17.5 Å². The Morgan fingerprint density at radius 1 is 1.27 bits per heavy atom. The fraction of sp³-hybridized carbons (Fsp3) is 0.0833. The number of benzene rings is 2. The Bertz CT molecular complexity index is 522. The van der Waals surface area contributed by atoms with E-state index in [0.29, 0.717) is 11.1 Å². The first-order valence-corrected chi connectivity index (χ1v) is 4.63. The van der Waals surface area contributed by atoms with Crippen molar-refractivity contribution in [2.24, 2.45) is 0 Å². The molecule has 0 heterocycles. The van der Waals surface area contributed by atoms with Crippen LogP contribution >= 0.6 is 0 Å². The number of anilines is 1. The third-order valence-corrected chi connectivity index (χ3v) is 2.13. The van der Waals surface area contributed by atoms with E-state index in [2.05, 4.69) is 5.32 Å². The van der Waals surface area contributed by atoms with Crippen LogP contribution in [0.25, 0.3) is 10.8 Å². The van der Waals surface area contributed by atoms with E-state index in [9.17, 15) is 9.18 Å². The van der Waals surface area contributed by atoms with Crippen molar-refractivity contribution < 1.29 is 9.18 Å². The Balaban J connectivity index is 2.57. The van der Waals surface area contributed by atoms with Gasteiger partial charge in [-0.2, -0.15) is 0 Å². The van der Waals surface area contributed by atoms with Gasteiger partial charge in [0.1, 0.15) is 5.82 Å². The normalized spacial score (nSPS) is 10.3. The maximum atomic E-state index is 13.5. The Kier molecular flexibility index (Phi) is 2.37. The summed E-state index contributed by atoms with van der Waals surface area (Å²) in [6.07, 6.45) is 0. The fourth-order valence-electron chi connectivity index (χ4n) is 1.54. The predicted octanol–water partition coefficient (Wildman–Crippen LogP) is 2.94. The van der Waals surface area contributed by atoms with Gasteiger partial charge in [0, 0.05) is 18.0 Å². The molecule has 0 aliphatic heterocycles. The lowest BCUT2D eigenvalue weighted by atomic mass is 10.1. The van der Waals surface area contributed by atoms with Gasteiger partial charge in [0.05, 0.1) is 0 Å². The molecule has 0 bridgehead atoms. The van der Waals surface area contributed by atoms with Gasteiger partial charge in [0.25, 0.3) is 0 Å². The van der Waals surface area contributed by atoms with Gasteiger partial charge in [0.2, 0.25) is 5.91 Å². The molecule has 0 aliphatic rings. The molecule has 0 saturated heterocycles. The number of rotatable bonds is 1. The van der Waals surface area contributed by atoms with E-state index in [1.807, 2.05) is 12.1 Å². The quantitative estimate of drug-likeness (QED) is 0.758. The Hall–Kier alpha value is -1.90. The van der Waals surface area contributed by atoms with Crippen LogP contribution in [-0.2, 0) is 4.79 Å². The number of amides is 1. The standard InChI is InChI=1S/C12H10FNO/c1-8(15)14-10-6-9-4-2-3-5-11(9)12(13)7-10/h2-7H,1H3,(H,14,15). The molecule has 0 saturated carbocycles. The predicted molar refractivity (Wildman–Crippen MR) is 58.2 cm³/mol. The molecular weight excluding hydrogens is 193 g/mol. The van der Waals surface area contributed by atoms with E-state index in [0.717, 1.165) is 5.39 Å². The van der Waals surface area contributed by atoms with Gasteiger partial charge >= 0.3 is 0 Å². The molecule has 0 atom stereocenters. The zero-order valence-electron chi connectivity index (χ0n) is 8.25. The number of halogens is 1. The van der Waals surface area contributed by atoms with Crippen molar-refractivity contribution in [3.05, 3.63) is 42.2 Å². The second-order valence-corrected chi connectivity index (χ2v) is 3.36. The smallest absolute Gasteiger partial charge is 0.221 e. The van der Waals surface area contributed by atoms with Crippen molar-refractivity contribution >= 4 is 22.4 Å². The molecule has 0 radical (unpaired) electrons. The van der Waals surface area contributed by atoms with Crippen LogP contribution in [0.4, 0.5) is 10.1 Å². The lowest BCUT2D eigenvalue weighted by molar-refractivity contribution is -0.114. The average molecular weight is 203 g/mol. The second kappa shape index (κ2) is 3.69. The summed E-state index contributed by atoms with van der Waals surface area (Å²) in [6, 6.07) is 10.2. The number of carbonyl (C=O) groups is 1. The van der Waals surface area contributed by atoms with Crippen LogP contribution in [0.2, 0.25) is 0 Å². The van der Waals surface area contributed by atoms with Crippen LogP contribution in [0.15, 0.2) is 36.4 Å². The second-order valence-electron chi connectivity index (χ2n) is 3.36. The molecule has 1 amide bonds. The van der Waals surface area contributed by atoms with E-state index in [1.54, 1.807) is 18.2 Å². The Morgan fingerprint density at radius 3 is 2.73 bits per heavy atom. The molecular formula is C12H10FNO. The molecule has 15 heavy (non-hydrogen) atoms. The van der Waals surface area contributed by atoms with Crippen LogP contribution in [0.1, 0.15) is 6.92 Å². The third-order valence-electron chi connectivity index (χ3n) is 2.13. The minimum atomic E-state index is -0.322. The number of fused-ring (bicyclic) bond motifs is 1. The van der Waals surface area contributed by atoms with Gasteiger partial charge in [-0.3, -0.25) is 4.79 Å². The van der Waals surface area contributed by atoms with E-state index in [1.165, 1.54) is 13.0 Å². The summed E-state index contributed by atoms with van der Waals surface area (Å²) < 4.78 is 13.5. The molecule has 0 unspecified atom stereocenters. The summed E-state index contributed by atoms with van der Waals surface area (Å²) in [7, 11) is 0. The molecule has 2 nitrogen and oxygen atoms in total. The van der Waals surface area contributed by atoms with Crippen molar-refractivity contribution in [2.75, 3.05) is 5.32 Å². The van der Waals surface area contributed by atoms with E-state index >= 15 is 0 Å². The first-order chi connectivity index (χ1) is 7.16. The van der Waals surface area contributed by atoms with Crippen LogP contribution < -0.4 is 5.32 Å². The topological polar surface area (TPSA) is 29.1 Å². The van der Waals surface area contributed by atoms with Gasteiger partial charge in [-0.1, -0.05) is 24.3 Å². The summed E-state index contributed by atoms with van der Waals surface area (Å²) in [5, 5.41) is 3.90. The molecule has 1 N–H and O–H groups in total. The molecule has 2 aromatic carbocycles. The summed E-state index contributed by atoms with van der Waals surface area (Å²) in [5.41, 5.74) is 0.485. The van der Waals surface area contributed by atoms with Crippen LogP contribution in [0.3, 0.4) is 0 Å². The maximum absolute atomic E-state index is 13.5. The summed E-state index contributed by atoms with van der Waals surface area (Å²) >= 11 is 0. The van der Waals surface area contributed by atoms with Crippen LogP contribution in [-0.4, -0.2) is 5.91 Å². The van der Waals surface area contributed by atoms with Gasteiger partial charge in [0.15, 0.2) is 0 Å². The minimum Gasteiger partial charge on any atom is -0.326 e. The SMILES string of the molecule is CC(=O)Nc1cc(F)c2ccccc2c1. The highest BCUT2D eigenvalue weighted by Gasteiger charge is 2.03. The number of hydrogen-bond donors (Lipinski definition) is 1. The summed E-state index contributed by atoms with van der Waals surface area (Å²) in [6.45, 7) is 1.40. The van der Waals surface area contributed by atoms with E-state index in [-0.39, 0.29) is 11.7 Å². The highest BCUT2D eigenvalue weighted by atomic mass is 19.1. The van der Waals surface area contributed by atoms with Gasteiger partial charge in [-0.15, -0.1) is 0 Å². The zero-order chi connectivity index (χ0) is 10.8. The maximum Gasteiger partial charge on any atom is 0.221 e. The third kappa shape index (κ3) is 1.96. The molecule has 3 heteroatoms. The fourth-order valence-corrected chi connectivity index (χ4v) is 1.54. The Labute approximate surface area is 86.7 Å². The minimum absolute atomic E-state index is 0.204. The largest absolute Gasteiger partial charge is 0.326 e. The van der Waals surface area contributed by atoms with Crippen molar-refractivity contribution in [1.82, 2.24) is 0 Å². The van der Waals surface area contributed by atoms with Crippen LogP contribution in [0.5, 0.6) is 0 Å². The first kappa shape index (κ1) is 9.65.